The topological polar surface area (TPSA) is 50.3 Å². The Bertz CT molecular complexity index is 898. The van der Waals surface area contributed by atoms with Crippen LogP contribution in [0.3, 0.4) is 0 Å². The van der Waals surface area contributed by atoms with E-state index >= 15 is 0 Å². The Hall–Kier alpha value is -3.08. The van der Waals surface area contributed by atoms with Crippen LogP contribution in [0.4, 0.5) is 11.5 Å². The molecule has 0 saturated heterocycles. The minimum atomic E-state index is 0.189. The predicted octanol–water partition coefficient (Wildman–Crippen LogP) is 4.57. The van der Waals surface area contributed by atoms with Crippen LogP contribution in [0.25, 0.3) is 0 Å². The van der Waals surface area contributed by atoms with Crippen molar-refractivity contribution in [3.63, 3.8) is 0 Å². The first-order chi connectivity index (χ1) is 12.7. The molecule has 132 valence electrons. The third-order valence-electron chi connectivity index (χ3n) is 4.56. The third kappa shape index (κ3) is 3.47. The van der Waals surface area contributed by atoms with Gasteiger partial charge in [-0.2, -0.15) is 0 Å². The molecule has 1 unspecified atom stereocenters. The van der Waals surface area contributed by atoms with Gasteiger partial charge in [-0.1, -0.05) is 24.3 Å². The summed E-state index contributed by atoms with van der Waals surface area (Å²) < 4.78 is 5.94. The lowest BCUT2D eigenvalue weighted by atomic mass is 10.0. The molecule has 1 atom stereocenters. The summed E-state index contributed by atoms with van der Waals surface area (Å²) in [6.45, 7) is 2.89. The van der Waals surface area contributed by atoms with Crippen molar-refractivity contribution < 1.29 is 4.74 Å². The van der Waals surface area contributed by atoms with Crippen molar-refractivity contribution in [1.82, 2.24) is 9.97 Å². The van der Waals surface area contributed by atoms with E-state index in [1.165, 1.54) is 0 Å². The summed E-state index contributed by atoms with van der Waals surface area (Å²) in [6, 6.07) is 18.1. The summed E-state index contributed by atoms with van der Waals surface area (Å²) >= 11 is 0. The van der Waals surface area contributed by atoms with Gasteiger partial charge >= 0.3 is 0 Å². The maximum Gasteiger partial charge on any atom is 0.137 e. The van der Waals surface area contributed by atoms with E-state index in [0.29, 0.717) is 0 Å². The highest BCUT2D eigenvalue weighted by atomic mass is 16.5. The molecule has 0 bridgehead atoms. The highest BCUT2D eigenvalue weighted by molar-refractivity contribution is 5.56. The number of anilines is 2. The monoisotopic (exact) mass is 346 g/mol. The Balaban J connectivity index is 1.55. The molecule has 0 saturated carbocycles. The lowest BCUT2D eigenvalue weighted by Crippen LogP contribution is -2.31. The molecule has 2 heterocycles. The van der Waals surface area contributed by atoms with Crippen molar-refractivity contribution in [3.05, 3.63) is 72.2 Å². The number of rotatable bonds is 4. The average molecular weight is 346 g/mol. The Morgan fingerprint density at radius 3 is 2.73 bits per heavy atom. The van der Waals surface area contributed by atoms with Gasteiger partial charge in [0, 0.05) is 37.1 Å². The average Bonchev–Trinajstić information content (AvgIpc) is 2.65. The molecule has 5 nitrogen and oxygen atoms in total. The van der Waals surface area contributed by atoms with Crippen LogP contribution in [0, 0.1) is 6.92 Å². The smallest absolute Gasteiger partial charge is 0.137 e. The Morgan fingerprint density at radius 2 is 1.88 bits per heavy atom. The zero-order valence-corrected chi connectivity index (χ0v) is 15.0. The zero-order valence-electron chi connectivity index (χ0n) is 15.0. The molecule has 2 aromatic carbocycles. The molecule has 0 aliphatic carbocycles. The van der Waals surface area contributed by atoms with Gasteiger partial charge in [-0.25, -0.2) is 9.97 Å². The highest BCUT2D eigenvalue weighted by Gasteiger charge is 2.25. The SMILES string of the molecule is Cc1ncc2c(n1)N(C)CCC2Nc1cccc(Oc2ccccc2)c1. The number of nitrogens with zero attached hydrogens (tertiary/aromatic N) is 3. The van der Waals surface area contributed by atoms with Crippen LogP contribution >= 0.6 is 0 Å². The van der Waals surface area contributed by atoms with Crippen molar-refractivity contribution in [1.29, 1.82) is 0 Å². The summed E-state index contributed by atoms with van der Waals surface area (Å²) in [6.07, 6.45) is 2.94. The number of hydrogen-bond acceptors (Lipinski definition) is 5. The molecule has 3 aromatic rings. The van der Waals surface area contributed by atoms with Crippen LogP contribution in [0.1, 0.15) is 23.9 Å². The first kappa shape index (κ1) is 16.4. The van der Waals surface area contributed by atoms with E-state index in [1.807, 2.05) is 61.7 Å². The van der Waals surface area contributed by atoms with Crippen LogP contribution in [-0.4, -0.2) is 23.6 Å². The van der Waals surface area contributed by atoms with Gasteiger partial charge in [-0.3, -0.25) is 0 Å². The van der Waals surface area contributed by atoms with Crippen molar-refractivity contribution in [2.75, 3.05) is 23.8 Å². The molecule has 1 aromatic heterocycles. The largest absolute Gasteiger partial charge is 0.457 e. The third-order valence-corrected chi connectivity index (χ3v) is 4.56. The number of hydrogen-bond donors (Lipinski definition) is 1. The molecule has 0 radical (unpaired) electrons. The number of ether oxygens (including phenoxy) is 1. The van der Waals surface area contributed by atoms with Crippen LogP contribution in [0.2, 0.25) is 0 Å². The molecule has 0 amide bonds. The normalized spacial score (nSPS) is 16.1. The predicted molar refractivity (Wildman–Crippen MR) is 104 cm³/mol. The van der Waals surface area contributed by atoms with E-state index in [-0.39, 0.29) is 6.04 Å². The number of nitrogens with one attached hydrogen (secondary N) is 1. The van der Waals surface area contributed by atoms with Gasteiger partial charge in [0.2, 0.25) is 0 Å². The molecule has 1 N–H and O–H groups in total. The quantitative estimate of drug-likeness (QED) is 0.750. The summed E-state index contributed by atoms with van der Waals surface area (Å²) in [5.74, 6) is 3.46. The first-order valence-electron chi connectivity index (χ1n) is 8.83. The molecular weight excluding hydrogens is 324 g/mol. The number of fused-ring (bicyclic) bond motifs is 1. The molecule has 1 aliphatic rings. The molecule has 26 heavy (non-hydrogen) atoms. The van der Waals surface area contributed by atoms with Crippen molar-refractivity contribution >= 4 is 11.5 Å². The van der Waals surface area contributed by atoms with Crippen LogP contribution in [-0.2, 0) is 0 Å². The Labute approximate surface area is 153 Å². The van der Waals surface area contributed by atoms with Gasteiger partial charge in [0.15, 0.2) is 0 Å². The fourth-order valence-electron chi connectivity index (χ4n) is 3.23. The molecule has 5 heteroatoms. The molecule has 4 rings (SSSR count). The zero-order chi connectivity index (χ0) is 17.9. The van der Waals surface area contributed by atoms with Gasteiger partial charge in [-0.05, 0) is 37.6 Å². The summed E-state index contributed by atoms with van der Waals surface area (Å²) in [7, 11) is 2.08. The number of aryl methyl sites for hydroxylation is 1. The maximum atomic E-state index is 5.94. The van der Waals surface area contributed by atoms with Crippen molar-refractivity contribution in [2.45, 2.75) is 19.4 Å². The molecule has 0 fully saturated rings. The van der Waals surface area contributed by atoms with Crippen molar-refractivity contribution in [2.24, 2.45) is 0 Å². The van der Waals surface area contributed by atoms with E-state index in [2.05, 4.69) is 33.3 Å². The van der Waals surface area contributed by atoms with Gasteiger partial charge in [0.1, 0.15) is 23.1 Å². The maximum absolute atomic E-state index is 5.94. The van der Waals surface area contributed by atoms with Gasteiger partial charge in [0.25, 0.3) is 0 Å². The number of para-hydroxylation sites is 1. The molecule has 0 spiro atoms. The second kappa shape index (κ2) is 7.04. The molecule has 1 aliphatic heterocycles. The minimum absolute atomic E-state index is 0.189. The van der Waals surface area contributed by atoms with Crippen LogP contribution in [0.5, 0.6) is 11.5 Å². The molecular formula is C21H22N4O. The number of benzene rings is 2. The fourth-order valence-corrected chi connectivity index (χ4v) is 3.23. The van der Waals surface area contributed by atoms with E-state index in [0.717, 1.165) is 47.4 Å². The second-order valence-electron chi connectivity index (χ2n) is 6.55. The summed E-state index contributed by atoms with van der Waals surface area (Å²) in [5.41, 5.74) is 2.17. The van der Waals surface area contributed by atoms with E-state index in [1.54, 1.807) is 0 Å². The summed E-state index contributed by atoms with van der Waals surface area (Å²) in [4.78, 5) is 11.2. The Morgan fingerprint density at radius 1 is 1.08 bits per heavy atom. The Kier molecular flexibility index (Phi) is 4.44. The van der Waals surface area contributed by atoms with Gasteiger partial charge < -0.3 is 15.0 Å². The van der Waals surface area contributed by atoms with Gasteiger partial charge in [0.05, 0.1) is 6.04 Å². The lowest BCUT2D eigenvalue weighted by molar-refractivity contribution is 0.483. The highest BCUT2D eigenvalue weighted by Crippen LogP contribution is 2.34. The van der Waals surface area contributed by atoms with E-state index < -0.39 is 0 Å². The first-order valence-corrected chi connectivity index (χ1v) is 8.83. The van der Waals surface area contributed by atoms with Gasteiger partial charge in [-0.15, -0.1) is 0 Å². The number of aromatic nitrogens is 2. The van der Waals surface area contributed by atoms with E-state index in [4.69, 9.17) is 4.74 Å². The minimum Gasteiger partial charge on any atom is -0.457 e. The van der Waals surface area contributed by atoms with Crippen molar-refractivity contribution in [3.8, 4) is 11.5 Å². The van der Waals surface area contributed by atoms with Crippen LogP contribution < -0.4 is 15.0 Å². The van der Waals surface area contributed by atoms with Crippen LogP contribution in [0.15, 0.2) is 60.8 Å². The lowest BCUT2D eigenvalue weighted by Gasteiger charge is -2.32. The summed E-state index contributed by atoms with van der Waals surface area (Å²) in [5, 5.41) is 3.62. The fraction of sp³-hybridized carbons (Fsp3) is 0.238. The standard InChI is InChI=1S/C21H22N4O/c1-15-22-14-19-20(11-12-25(2)21(19)23-15)24-16-7-6-10-18(13-16)26-17-8-4-3-5-9-17/h3-10,13-14,20,24H,11-12H2,1-2H3. The second-order valence-corrected chi connectivity index (χ2v) is 6.55. The van der Waals surface area contributed by atoms with E-state index in [9.17, 15) is 0 Å².